The van der Waals surface area contributed by atoms with E-state index < -0.39 is 5.79 Å². The molecule has 118 valence electrons. The van der Waals surface area contributed by atoms with Crippen molar-refractivity contribution in [2.24, 2.45) is 5.92 Å². The summed E-state index contributed by atoms with van der Waals surface area (Å²) in [5, 5.41) is 0. The average molecular weight is 285 g/mol. The minimum absolute atomic E-state index is 0.240. The zero-order chi connectivity index (χ0) is 15.3. The van der Waals surface area contributed by atoms with Crippen LogP contribution in [0.2, 0.25) is 0 Å². The van der Waals surface area contributed by atoms with E-state index in [2.05, 4.69) is 27.7 Å². The van der Waals surface area contributed by atoms with Crippen LogP contribution in [-0.4, -0.2) is 41.9 Å². The van der Waals surface area contributed by atoms with Crippen molar-refractivity contribution in [3.63, 3.8) is 0 Å². The molecule has 0 N–H and O–H groups in total. The van der Waals surface area contributed by atoms with E-state index in [0.717, 1.165) is 12.8 Å². The second kappa shape index (κ2) is 7.41. The largest absolute Gasteiger partial charge is 0.350 e. The predicted molar refractivity (Wildman–Crippen MR) is 80.4 cm³/mol. The lowest BCUT2D eigenvalue weighted by molar-refractivity contribution is -0.172. The third kappa shape index (κ3) is 4.19. The Morgan fingerprint density at radius 3 is 2.05 bits per heavy atom. The van der Waals surface area contributed by atoms with Crippen LogP contribution < -0.4 is 0 Å². The Morgan fingerprint density at radius 1 is 1.15 bits per heavy atom. The Bertz CT molecular complexity index is 301. The summed E-state index contributed by atoms with van der Waals surface area (Å²) in [4.78, 5) is 14.3. The first-order valence-corrected chi connectivity index (χ1v) is 7.97. The normalized spacial score (nSPS) is 20.5. The van der Waals surface area contributed by atoms with E-state index in [1.807, 2.05) is 18.7 Å². The highest BCUT2D eigenvalue weighted by Gasteiger charge is 2.56. The standard InChI is InChI=1S/C16H31NO3/c1-7-19-16(20-8-2)11-14(16)9-10-15(18)17(12(3)4)13(5)6/h12-14H,7-11H2,1-6H3. The van der Waals surface area contributed by atoms with Crippen LogP contribution in [0.1, 0.15) is 60.8 Å². The summed E-state index contributed by atoms with van der Waals surface area (Å²) in [5.41, 5.74) is 0. The number of ether oxygens (including phenoxy) is 2. The molecule has 1 fully saturated rings. The third-order valence-corrected chi connectivity index (χ3v) is 3.88. The molecule has 0 aromatic carbocycles. The van der Waals surface area contributed by atoms with Gasteiger partial charge in [-0.2, -0.15) is 0 Å². The van der Waals surface area contributed by atoms with Crippen molar-refractivity contribution in [2.75, 3.05) is 13.2 Å². The number of hydrogen-bond donors (Lipinski definition) is 0. The molecule has 1 atom stereocenters. The third-order valence-electron chi connectivity index (χ3n) is 3.88. The number of hydrogen-bond acceptors (Lipinski definition) is 3. The van der Waals surface area contributed by atoms with E-state index in [0.29, 0.717) is 25.6 Å². The molecule has 4 nitrogen and oxygen atoms in total. The maximum atomic E-state index is 12.3. The number of carbonyl (C=O) groups is 1. The smallest absolute Gasteiger partial charge is 0.223 e. The van der Waals surface area contributed by atoms with E-state index in [4.69, 9.17) is 9.47 Å². The Labute approximate surface area is 123 Å². The Balaban J connectivity index is 2.46. The molecule has 0 bridgehead atoms. The molecule has 0 heterocycles. The molecule has 0 spiro atoms. The van der Waals surface area contributed by atoms with Crippen LogP contribution in [0.3, 0.4) is 0 Å². The second-order valence-electron chi connectivity index (χ2n) is 6.11. The molecule has 1 saturated carbocycles. The van der Waals surface area contributed by atoms with E-state index in [-0.39, 0.29) is 18.0 Å². The van der Waals surface area contributed by atoms with Crippen LogP contribution >= 0.6 is 0 Å². The molecule has 1 unspecified atom stereocenters. The van der Waals surface area contributed by atoms with Crippen molar-refractivity contribution in [2.45, 2.75) is 78.7 Å². The molecular weight excluding hydrogens is 254 g/mol. The number of rotatable bonds is 9. The Kier molecular flexibility index (Phi) is 6.46. The van der Waals surface area contributed by atoms with Gasteiger partial charge in [0.25, 0.3) is 0 Å². The van der Waals surface area contributed by atoms with Crippen LogP contribution in [0.4, 0.5) is 0 Å². The van der Waals surface area contributed by atoms with Crippen LogP contribution in [-0.2, 0) is 14.3 Å². The fourth-order valence-electron chi connectivity index (χ4n) is 3.09. The average Bonchev–Trinajstić information content (AvgIpc) is 2.99. The summed E-state index contributed by atoms with van der Waals surface area (Å²) in [6.07, 6.45) is 2.36. The van der Waals surface area contributed by atoms with Gasteiger partial charge in [-0.1, -0.05) is 0 Å². The molecule has 0 aliphatic heterocycles. The summed E-state index contributed by atoms with van der Waals surface area (Å²) in [7, 11) is 0. The summed E-state index contributed by atoms with van der Waals surface area (Å²) in [6, 6.07) is 0.510. The Morgan fingerprint density at radius 2 is 1.65 bits per heavy atom. The van der Waals surface area contributed by atoms with Crippen molar-refractivity contribution in [1.82, 2.24) is 4.90 Å². The lowest BCUT2D eigenvalue weighted by Gasteiger charge is -2.31. The van der Waals surface area contributed by atoms with Crippen molar-refractivity contribution in [1.29, 1.82) is 0 Å². The van der Waals surface area contributed by atoms with Gasteiger partial charge in [-0.25, -0.2) is 0 Å². The molecule has 1 amide bonds. The lowest BCUT2D eigenvalue weighted by Crippen LogP contribution is -2.42. The van der Waals surface area contributed by atoms with E-state index in [1.54, 1.807) is 0 Å². The molecule has 0 aromatic rings. The van der Waals surface area contributed by atoms with Crippen LogP contribution in [0.15, 0.2) is 0 Å². The second-order valence-corrected chi connectivity index (χ2v) is 6.11. The first-order valence-electron chi connectivity index (χ1n) is 7.97. The summed E-state index contributed by atoms with van der Waals surface area (Å²) in [5.74, 6) is 0.209. The molecule has 1 aliphatic rings. The first kappa shape index (κ1) is 17.4. The van der Waals surface area contributed by atoms with Gasteiger partial charge in [0.05, 0.1) is 0 Å². The summed E-state index contributed by atoms with van der Waals surface area (Å²) < 4.78 is 11.5. The van der Waals surface area contributed by atoms with Crippen molar-refractivity contribution < 1.29 is 14.3 Å². The quantitative estimate of drug-likeness (QED) is 0.611. The topological polar surface area (TPSA) is 38.8 Å². The van der Waals surface area contributed by atoms with E-state index in [9.17, 15) is 4.79 Å². The zero-order valence-electron chi connectivity index (χ0n) is 13.9. The van der Waals surface area contributed by atoms with Gasteiger partial charge in [0.15, 0.2) is 5.79 Å². The molecule has 4 heteroatoms. The summed E-state index contributed by atoms with van der Waals surface area (Å²) >= 11 is 0. The van der Waals surface area contributed by atoms with E-state index >= 15 is 0 Å². The van der Waals surface area contributed by atoms with Gasteiger partial charge in [0.2, 0.25) is 5.91 Å². The van der Waals surface area contributed by atoms with Gasteiger partial charge in [-0.3, -0.25) is 4.79 Å². The van der Waals surface area contributed by atoms with Crippen LogP contribution in [0.25, 0.3) is 0 Å². The highest BCUT2D eigenvalue weighted by atomic mass is 16.7. The predicted octanol–water partition coefficient (Wildman–Crippen LogP) is 3.20. The minimum atomic E-state index is -0.399. The fourth-order valence-corrected chi connectivity index (χ4v) is 3.09. The van der Waals surface area contributed by atoms with Gasteiger partial charge in [0.1, 0.15) is 0 Å². The molecule has 0 aromatic heterocycles. The van der Waals surface area contributed by atoms with Gasteiger partial charge in [-0.15, -0.1) is 0 Å². The maximum Gasteiger partial charge on any atom is 0.223 e. The number of nitrogens with zero attached hydrogens (tertiary/aromatic N) is 1. The summed E-state index contributed by atoms with van der Waals surface area (Å²) in [6.45, 7) is 13.6. The molecule has 20 heavy (non-hydrogen) atoms. The molecule has 1 rings (SSSR count). The van der Waals surface area contributed by atoms with Crippen LogP contribution in [0, 0.1) is 5.92 Å². The van der Waals surface area contributed by atoms with Crippen molar-refractivity contribution in [3.8, 4) is 0 Å². The van der Waals surface area contributed by atoms with Gasteiger partial charge in [0, 0.05) is 44.1 Å². The monoisotopic (exact) mass is 285 g/mol. The minimum Gasteiger partial charge on any atom is -0.350 e. The van der Waals surface area contributed by atoms with Gasteiger partial charge in [-0.05, 0) is 48.0 Å². The van der Waals surface area contributed by atoms with Gasteiger partial charge >= 0.3 is 0 Å². The molecule has 1 aliphatic carbocycles. The molecule has 0 saturated heterocycles. The SMILES string of the molecule is CCOC1(OCC)CC1CCC(=O)N(C(C)C)C(C)C. The molecule has 0 radical (unpaired) electrons. The first-order chi connectivity index (χ1) is 9.38. The fraction of sp³-hybridized carbons (Fsp3) is 0.938. The zero-order valence-corrected chi connectivity index (χ0v) is 13.9. The Hall–Kier alpha value is -0.610. The lowest BCUT2D eigenvalue weighted by atomic mass is 10.1. The van der Waals surface area contributed by atoms with Gasteiger partial charge < -0.3 is 14.4 Å². The maximum absolute atomic E-state index is 12.3. The number of amides is 1. The van der Waals surface area contributed by atoms with E-state index in [1.165, 1.54) is 0 Å². The number of carbonyl (C=O) groups excluding carboxylic acids is 1. The van der Waals surface area contributed by atoms with Crippen molar-refractivity contribution >= 4 is 5.91 Å². The highest BCUT2D eigenvalue weighted by molar-refractivity contribution is 5.76. The van der Waals surface area contributed by atoms with Crippen molar-refractivity contribution in [3.05, 3.63) is 0 Å². The highest BCUT2D eigenvalue weighted by Crippen LogP contribution is 2.50. The van der Waals surface area contributed by atoms with Crippen LogP contribution in [0.5, 0.6) is 0 Å². The molecular formula is C16H31NO3.